The minimum Gasteiger partial charge on any atom is -0.508 e. The van der Waals surface area contributed by atoms with Crippen molar-refractivity contribution in [2.75, 3.05) is 6.54 Å². The molecule has 0 spiro atoms. The highest BCUT2D eigenvalue weighted by atomic mass is 16.3. The molecule has 1 aromatic carbocycles. The summed E-state index contributed by atoms with van der Waals surface area (Å²) in [5.41, 5.74) is 0.639. The van der Waals surface area contributed by atoms with Gasteiger partial charge in [-0.15, -0.1) is 0 Å². The Hall–Kier alpha value is -1.75. The number of hydrogen-bond donors (Lipinski definition) is 4. The molecule has 0 saturated carbocycles. The van der Waals surface area contributed by atoms with Gasteiger partial charge in [0.15, 0.2) is 0 Å². The van der Waals surface area contributed by atoms with E-state index in [-0.39, 0.29) is 30.0 Å². The van der Waals surface area contributed by atoms with Gasteiger partial charge in [0, 0.05) is 24.2 Å². The van der Waals surface area contributed by atoms with Crippen molar-refractivity contribution in [2.45, 2.75) is 26.4 Å². The van der Waals surface area contributed by atoms with Gasteiger partial charge in [-0.2, -0.15) is 0 Å². The first-order valence-corrected chi connectivity index (χ1v) is 5.50. The number of benzene rings is 1. The molecule has 0 unspecified atom stereocenters. The zero-order valence-corrected chi connectivity index (χ0v) is 10.0. The summed E-state index contributed by atoms with van der Waals surface area (Å²) < 4.78 is 0. The number of hydrogen-bond acceptors (Lipinski definition) is 4. The molecule has 0 aliphatic rings. The zero-order chi connectivity index (χ0) is 12.8. The summed E-state index contributed by atoms with van der Waals surface area (Å²) in [5.74, 6) is -0.0520. The Bertz CT molecular complexity index is 391. The predicted octanol–water partition coefficient (Wildman–Crippen LogP) is 0.712. The Balaban J connectivity index is 2.38. The molecule has 0 saturated heterocycles. The molecule has 1 rings (SSSR count). The van der Waals surface area contributed by atoms with Crippen molar-refractivity contribution in [3.05, 3.63) is 23.8 Å². The van der Waals surface area contributed by atoms with Crippen molar-refractivity contribution < 1.29 is 15.0 Å². The van der Waals surface area contributed by atoms with Crippen LogP contribution in [0.4, 0.5) is 0 Å². The number of phenolic OH excluding ortho intramolecular Hbond substituents is 2. The molecule has 0 aromatic heterocycles. The first-order valence-electron chi connectivity index (χ1n) is 5.50. The van der Waals surface area contributed by atoms with E-state index in [0.717, 1.165) is 0 Å². The van der Waals surface area contributed by atoms with Crippen LogP contribution in [0, 0.1) is 0 Å². The van der Waals surface area contributed by atoms with Crippen LogP contribution in [0.2, 0.25) is 0 Å². The molecule has 94 valence electrons. The Labute approximate surface area is 100 Å². The molecular formula is C12H18N2O3. The second-order valence-electron chi connectivity index (χ2n) is 4.14. The fourth-order valence-electron chi connectivity index (χ4n) is 1.39. The number of amides is 1. The van der Waals surface area contributed by atoms with Crippen LogP contribution < -0.4 is 10.6 Å². The normalized spacial score (nSPS) is 10.5. The van der Waals surface area contributed by atoms with Crippen LogP contribution >= 0.6 is 0 Å². The van der Waals surface area contributed by atoms with Crippen LogP contribution in [-0.4, -0.2) is 28.7 Å². The summed E-state index contributed by atoms with van der Waals surface area (Å²) in [6.07, 6.45) is 0. The first kappa shape index (κ1) is 13.3. The molecule has 0 aliphatic carbocycles. The van der Waals surface area contributed by atoms with Crippen LogP contribution in [0.3, 0.4) is 0 Å². The molecule has 17 heavy (non-hydrogen) atoms. The van der Waals surface area contributed by atoms with Crippen molar-refractivity contribution in [2.24, 2.45) is 0 Å². The van der Waals surface area contributed by atoms with E-state index in [0.29, 0.717) is 12.1 Å². The van der Waals surface area contributed by atoms with Crippen molar-refractivity contribution >= 4 is 5.91 Å². The van der Waals surface area contributed by atoms with E-state index in [2.05, 4.69) is 10.6 Å². The number of aromatic hydroxyl groups is 2. The summed E-state index contributed by atoms with van der Waals surface area (Å²) >= 11 is 0. The minimum atomic E-state index is -0.0849. The lowest BCUT2D eigenvalue weighted by Crippen LogP contribution is -2.37. The molecule has 0 bridgehead atoms. The summed E-state index contributed by atoms with van der Waals surface area (Å²) in [5, 5.41) is 24.3. The third-order valence-electron chi connectivity index (χ3n) is 2.12. The Morgan fingerprint density at radius 3 is 2.65 bits per heavy atom. The lowest BCUT2D eigenvalue weighted by atomic mass is 10.2. The van der Waals surface area contributed by atoms with Gasteiger partial charge in [0.1, 0.15) is 11.5 Å². The standard InChI is InChI=1S/C12H18N2O3/c1-8(2)14-12(17)7-13-6-9-3-4-10(15)5-11(9)16/h3-5,8,13,15-16H,6-7H2,1-2H3,(H,14,17). The maximum Gasteiger partial charge on any atom is 0.234 e. The smallest absolute Gasteiger partial charge is 0.234 e. The third kappa shape index (κ3) is 4.74. The SMILES string of the molecule is CC(C)NC(=O)CNCc1ccc(O)cc1O. The van der Waals surface area contributed by atoms with Gasteiger partial charge in [0.05, 0.1) is 6.54 Å². The number of phenols is 2. The first-order chi connectivity index (χ1) is 7.99. The zero-order valence-electron chi connectivity index (χ0n) is 10.0. The number of carbonyl (C=O) groups is 1. The molecule has 5 heteroatoms. The van der Waals surface area contributed by atoms with E-state index in [4.69, 9.17) is 5.11 Å². The minimum absolute atomic E-state index is 0.0155. The van der Waals surface area contributed by atoms with Crippen LogP contribution in [0.25, 0.3) is 0 Å². The average molecular weight is 238 g/mol. The number of carbonyl (C=O) groups excluding carboxylic acids is 1. The molecule has 0 aliphatic heterocycles. The highest BCUT2D eigenvalue weighted by Crippen LogP contribution is 2.21. The topological polar surface area (TPSA) is 81.6 Å². The molecule has 5 nitrogen and oxygen atoms in total. The lowest BCUT2D eigenvalue weighted by Gasteiger charge is -2.10. The fraction of sp³-hybridized carbons (Fsp3) is 0.417. The van der Waals surface area contributed by atoms with Crippen molar-refractivity contribution in [3.63, 3.8) is 0 Å². The van der Waals surface area contributed by atoms with Crippen LogP contribution in [0.5, 0.6) is 11.5 Å². The van der Waals surface area contributed by atoms with Gasteiger partial charge in [0.2, 0.25) is 5.91 Å². The van der Waals surface area contributed by atoms with E-state index in [1.807, 2.05) is 13.8 Å². The van der Waals surface area contributed by atoms with Crippen LogP contribution in [0.1, 0.15) is 19.4 Å². The van der Waals surface area contributed by atoms with Gasteiger partial charge in [-0.1, -0.05) is 6.07 Å². The summed E-state index contributed by atoms with van der Waals surface area (Å²) in [6, 6.07) is 4.49. The molecule has 0 heterocycles. The number of nitrogens with one attached hydrogen (secondary N) is 2. The fourth-order valence-corrected chi connectivity index (χ4v) is 1.39. The summed E-state index contributed by atoms with van der Waals surface area (Å²) in [4.78, 5) is 11.3. The highest BCUT2D eigenvalue weighted by Gasteiger charge is 2.05. The quantitative estimate of drug-likeness (QED) is 0.609. The van der Waals surface area contributed by atoms with E-state index < -0.39 is 0 Å². The largest absolute Gasteiger partial charge is 0.508 e. The van der Waals surface area contributed by atoms with E-state index in [1.165, 1.54) is 12.1 Å². The maximum atomic E-state index is 11.3. The monoisotopic (exact) mass is 238 g/mol. The second-order valence-corrected chi connectivity index (χ2v) is 4.14. The van der Waals surface area contributed by atoms with E-state index in [1.54, 1.807) is 6.07 Å². The predicted molar refractivity (Wildman–Crippen MR) is 64.8 cm³/mol. The van der Waals surface area contributed by atoms with Crippen molar-refractivity contribution in [1.82, 2.24) is 10.6 Å². The van der Waals surface area contributed by atoms with Gasteiger partial charge in [0.25, 0.3) is 0 Å². The molecule has 0 radical (unpaired) electrons. The molecule has 0 fully saturated rings. The lowest BCUT2D eigenvalue weighted by molar-refractivity contribution is -0.120. The van der Waals surface area contributed by atoms with Gasteiger partial charge in [-0.25, -0.2) is 0 Å². The second kappa shape index (κ2) is 6.10. The van der Waals surface area contributed by atoms with Crippen LogP contribution in [-0.2, 0) is 11.3 Å². The summed E-state index contributed by atoms with van der Waals surface area (Å²) in [7, 11) is 0. The summed E-state index contributed by atoms with van der Waals surface area (Å²) in [6.45, 7) is 4.35. The van der Waals surface area contributed by atoms with Crippen molar-refractivity contribution in [3.8, 4) is 11.5 Å². The van der Waals surface area contributed by atoms with Gasteiger partial charge in [-0.05, 0) is 19.9 Å². The highest BCUT2D eigenvalue weighted by molar-refractivity contribution is 5.78. The Kier molecular flexibility index (Phi) is 4.78. The van der Waals surface area contributed by atoms with Gasteiger partial charge >= 0.3 is 0 Å². The Morgan fingerprint density at radius 2 is 2.06 bits per heavy atom. The van der Waals surface area contributed by atoms with E-state index in [9.17, 15) is 9.90 Å². The molecule has 4 N–H and O–H groups in total. The molecule has 0 atom stereocenters. The molecular weight excluding hydrogens is 220 g/mol. The van der Waals surface area contributed by atoms with Gasteiger partial charge < -0.3 is 20.8 Å². The molecule has 1 amide bonds. The average Bonchev–Trinajstić information content (AvgIpc) is 2.20. The third-order valence-corrected chi connectivity index (χ3v) is 2.12. The van der Waals surface area contributed by atoms with Crippen molar-refractivity contribution in [1.29, 1.82) is 0 Å². The number of rotatable bonds is 5. The van der Waals surface area contributed by atoms with Gasteiger partial charge in [-0.3, -0.25) is 4.79 Å². The molecule has 1 aromatic rings. The van der Waals surface area contributed by atoms with Crippen LogP contribution in [0.15, 0.2) is 18.2 Å². The Morgan fingerprint density at radius 1 is 1.35 bits per heavy atom. The van der Waals surface area contributed by atoms with E-state index >= 15 is 0 Å². The maximum absolute atomic E-state index is 11.3.